The third-order valence-corrected chi connectivity index (χ3v) is 2.43. The first-order valence-electron chi connectivity index (χ1n) is 5.15. The fraction of sp³-hybridized carbons (Fsp3) is 0.667. The van der Waals surface area contributed by atoms with Crippen LogP contribution in [0.2, 0.25) is 0 Å². The van der Waals surface area contributed by atoms with Crippen LogP contribution in [0.1, 0.15) is 6.92 Å². The van der Waals surface area contributed by atoms with Crippen LogP contribution < -0.4 is 16.4 Å². The molecule has 0 aromatic carbocycles. The van der Waals surface area contributed by atoms with E-state index in [-0.39, 0.29) is 12.3 Å². The smallest absolute Gasteiger partial charge is 0.328 e. The minimum Gasteiger partial charge on any atom is -0.480 e. The van der Waals surface area contributed by atoms with E-state index < -0.39 is 36.0 Å². The lowest BCUT2D eigenvalue weighted by molar-refractivity contribution is -0.145. The number of nitrogens with one attached hydrogen (secondary N) is 2. The Morgan fingerprint density at radius 1 is 1.33 bits per heavy atom. The second kappa shape index (κ2) is 7.90. The highest BCUT2D eigenvalue weighted by Gasteiger charge is 2.28. The standard InChI is InChI=1S/C9H17N3O5S/c1-4(13)7(9(16)17)12-8(15)5(3-18)11-6(14)2-10/h4-5,7,13,18H,2-3,10H2,1H3,(H,11,14)(H,12,15)(H,16,17). The van der Waals surface area contributed by atoms with Crippen LogP contribution in [0.3, 0.4) is 0 Å². The molecule has 104 valence electrons. The molecule has 0 radical (unpaired) electrons. The molecule has 3 atom stereocenters. The van der Waals surface area contributed by atoms with Gasteiger partial charge in [0.2, 0.25) is 11.8 Å². The van der Waals surface area contributed by atoms with E-state index in [1.54, 1.807) is 0 Å². The quantitative estimate of drug-likeness (QED) is 0.280. The van der Waals surface area contributed by atoms with Gasteiger partial charge in [0.25, 0.3) is 0 Å². The zero-order valence-electron chi connectivity index (χ0n) is 9.79. The molecule has 0 aliphatic rings. The zero-order valence-corrected chi connectivity index (χ0v) is 10.7. The molecular weight excluding hydrogens is 262 g/mol. The van der Waals surface area contributed by atoms with Gasteiger partial charge in [0.15, 0.2) is 6.04 Å². The summed E-state index contributed by atoms with van der Waals surface area (Å²) >= 11 is 3.87. The van der Waals surface area contributed by atoms with E-state index in [1.165, 1.54) is 6.92 Å². The number of nitrogens with two attached hydrogens (primary N) is 1. The van der Waals surface area contributed by atoms with Gasteiger partial charge in [-0.2, -0.15) is 12.6 Å². The van der Waals surface area contributed by atoms with Gasteiger partial charge in [0.1, 0.15) is 6.04 Å². The Balaban J connectivity index is 4.60. The van der Waals surface area contributed by atoms with E-state index in [9.17, 15) is 19.5 Å². The Morgan fingerprint density at radius 3 is 2.22 bits per heavy atom. The maximum atomic E-state index is 11.7. The Kier molecular flexibility index (Phi) is 7.32. The number of hydrogen-bond donors (Lipinski definition) is 6. The molecule has 6 N–H and O–H groups in total. The second-order valence-corrected chi connectivity index (χ2v) is 3.94. The fourth-order valence-corrected chi connectivity index (χ4v) is 1.35. The highest BCUT2D eigenvalue weighted by atomic mass is 32.1. The number of aliphatic hydroxyl groups is 1. The molecule has 0 aromatic rings. The number of amides is 2. The number of thiol groups is 1. The first-order chi connectivity index (χ1) is 8.33. The summed E-state index contributed by atoms with van der Waals surface area (Å²) in [6.45, 7) is 0.934. The topological polar surface area (TPSA) is 142 Å². The SMILES string of the molecule is CC(O)C(NC(=O)C(CS)NC(=O)CN)C(=O)O. The van der Waals surface area contributed by atoms with E-state index in [2.05, 4.69) is 23.3 Å². The summed E-state index contributed by atoms with van der Waals surface area (Å²) in [5, 5.41) is 22.3. The van der Waals surface area contributed by atoms with Gasteiger partial charge in [-0.25, -0.2) is 4.79 Å². The third-order valence-electron chi connectivity index (χ3n) is 2.07. The summed E-state index contributed by atoms with van der Waals surface area (Å²) in [5.74, 6) is -2.71. The molecule has 3 unspecified atom stereocenters. The average Bonchev–Trinajstić information content (AvgIpc) is 2.31. The Hall–Kier alpha value is -1.32. The van der Waals surface area contributed by atoms with E-state index in [4.69, 9.17) is 10.8 Å². The van der Waals surface area contributed by atoms with Crippen LogP contribution in [0.4, 0.5) is 0 Å². The van der Waals surface area contributed by atoms with Gasteiger partial charge in [-0.15, -0.1) is 0 Å². The van der Waals surface area contributed by atoms with Crippen molar-refractivity contribution in [3.8, 4) is 0 Å². The molecule has 18 heavy (non-hydrogen) atoms. The van der Waals surface area contributed by atoms with Crippen molar-refractivity contribution in [2.24, 2.45) is 5.73 Å². The van der Waals surface area contributed by atoms with Gasteiger partial charge < -0.3 is 26.6 Å². The number of carbonyl (C=O) groups is 3. The first-order valence-corrected chi connectivity index (χ1v) is 5.78. The molecule has 2 amide bonds. The number of carbonyl (C=O) groups excluding carboxylic acids is 2. The van der Waals surface area contributed by atoms with Crippen molar-refractivity contribution < 1.29 is 24.6 Å². The summed E-state index contributed by atoms with van der Waals surface area (Å²) in [7, 11) is 0. The monoisotopic (exact) mass is 279 g/mol. The summed E-state index contributed by atoms with van der Waals surface area (Å²) in [6.07, 6.45) is -1.27. The number of carboxylic acid groups (broad SMARTS) is 1. The molecular formula is C9H17N3O5S. The van der Waals surface area contributed by atoms with Crippen LogP contribution in [-0.4, -0.2) is 58.5 Å². The highest BCUT2D eigenvalue weighted by molar-refractivity contribution is 7.80. The van der Waals surface area contributed by atoms with Gasteiger partial charge in [-0.1, -0.05) is 0 Å². The molecule has 8 nitrogen and oxygen atoms in total. The lowest BCUT2D eigenvalue weighted by Gasteiger charge is -2.21. The molecule has 0 bridgehead atoms. The van der Waals surface area contributed by atoms with E-state index >= 15 is 0 Å². The van der Waals surface area contributed by atoms with E-state index in [1.807, 2.05) is 0 Å². The van der Waals surface area contributed by atoms with Crippen LogP contribution in [0, 0.1) is 0 Å². The van der Waals surface area contributed by atoms with Crippen molar-refractivity contribution in [2.45, 2.75) is 25.1 Å². The molecule has 9 heteroatoms. The van der Waals surface area contributed by atoms with Crippen molar-refractivity contribution >= 4 is 30.4 Å². The molecule has 0 rings (SSSR count). The maximum Gasteiger partial charge on any atom is 0.328 e. The minimum absolute atomic E-state index is 0.0241. The molecule has 0 aliphatic carbocycles. The van der Waals surface area contributed by atoms with Gasteiger partial charge in [-0.3, -0.25) is 9.59 Å². The molecule has 0 aliphatic heterocycles. The first kappa shape index (κ1) is 16.7. The highest BCUT2D eigenvalue weighted by Crippen LogP contribution is 1.96. The Labute approximate surface area is 109 Å². The van der Waals surface area contributed by atoms with Crippen molar-refractivity contribution in [3.63, 3.8) is 0 Å². The van der Waals surface area contributed by atoms with E-state index in [0.717, 1.165) is 0 Å². The zero-order chi connectivity index (χ0) is 14.3. The lowest BCUT2D eigenvalue weighted by atomic mass is 10.1. The number of rotatable bonds is 7. The normalized spacial score (nSPS) is 15.3. The second-order valence-electron chi connectivity index (χ2n) is 3.57. The predicted octanol–water partition coefficient (Wildman–Crippen LogP) is -2.69. The third kappa shape index (κ3) is 5.34. The Morgan fingerprint density at radius 2 is 1.89 bits per heavy atom. The molecule has 0 spiro atoms. The van der Waals surface area contributed by atoms with Crippen LogP contribution in [0.15, 0.2) is 0 Å². The number of aliphatic carboxylic acids is 1. The summed E-state index contributed by atoms with van der Waals surface area (Å²) in [6, 6.07) is -2.46. The van der Waals surface area contributed by atoms with Crippen LogP contribution in [0.25, 0.3) is 0 Å². The van der Waals surface area contributed by atoms with Crippen LogP contribution in [-0.2, 0) is 14.4 Å². The summed E-state index contributed by atoms with van der Waals surface area (Å²) < 4.78 is 0. The minimum atomic E-state index is -1.45. The van der Waals surface area contributed by atoms with Gasteiger partial charge in [0.05, 0.1) is 12.6 Å². The van der Waals surface area contributed by atoms with Crippen molar-refractivity contribution in [1.29, 1.82) is 0 Å². The van der Waals surface area contributed by atoms with Crippen molar-refractivity contribution in [2.75, 3.05) is 12.3 Å². The lowest BCUT2D eigenvalue weighted by Crippen LogP contribution is -2.56. The Bertz CT molecular complexity index is 323. The molecule has 0 heterocycles. The molecule has 0 saturated heterocycles. The van der Waals surface area contributed by atoms with Gasteiger partial charge >= 0.3 is 5.97 Å². The predicted molar refractivity (Wildman–Crippen MR) is 66.1 cm³/mol. The average molecular weight is 279 g/mol. The number of aliphatic hydroxyl groups excluding tert-OH is 1. The maximum absolute atomic E-state index is 11.7. The number of hydrogen-bond acceptors (Lipinski definition) is 6. The molecule has 0 aromatic heterocycles. The van der Waals surface area contributed by atoms with Gasteiger partial charge in [-0.05, 0) is 6.92 Å². The van der Waals surface area contributed by atoms with E-state index in [0.29, 0.717) is 0 Å². The largest absolute Gasteiger partial charge is 0.480 e. The van der Waals surface area contributed by atoms with Crippen molar-refractivity contribution in [1.82, 2.24) is 10.6 Å². The summed E-state index contributed by atoms with van der Waals surface area (Å²) in [5.41, 5.74) is 5.07. The van der Waals surface area contributed by atoms with Crippen LogP contribution >= 0.6 is 12.6 Å². The molecule has 0 fully saturated rings. The van der Waals surface area contributed by atoms with Crippen molar-refractivity contribution in [3.05, 3.63) is 0 Å². The summed E-state index contributed by atoms with van der Waals surface area (Å²) in [4.78, 5) is 33.4. The van der Waals surface area contributed by atoms with Crippen LogP contribution in [0.5, 0.6) is 0 Å². The van der Waals surface area contributed by atoms with Gasteiger partial charge in [0, 0.05) is 5.75 Å². The fourth-order valence-electron chi connectivity index (χ4n) is 1.09. The molecule has 0 saturated carbocycles. The number of carboxylic acids is 1.